The Balaban J connectivity index is 3.56. The average molecular weight is 206 g/mol. The number of benzene rings is 1. The van der Waals surface area contributed by atoms with Gasteiger partial charge in [0.05, 0.1) is 11.2 Å². The number of phenolic OH excluding ortho intramolecular Hbond substituents is 1. The summed E-state index contributed by atoms with van der Waals surface area (Å²) in [4.78, 5) is 0. The van der Waals surface area contributed by atoms with Gasteiger partial charge in [0.2, 0.25) is 0 Å². The van der Waals surface area contributed by atoms with Crippen molar-refractivity contribution in [2.45, 2.75) is 0 Å². The number of aromatic hydroxyl groups is 1. The van der Waals surface area contributed by atoms with Crippen LogP contribution in [-0.4, -0.2) is 12.2 Å². The van der Waals surface area contributed by atoms with Gasteiger partial charge < -0.3 is 9.84 Å². The average Bonchev–Trinajstić information content (AvgIpc) is 2.13. The molecule has 2 nitrogen and oxygen atoms in total. The third-order valence-electron chi connectivity index (χ3n) is 0.933. The number of hydrogen-bond acceptors (Lipinski definition) is 2. The van der Waals surface area contributed by atoms with E-state index in [2.05, 4.69) is 15.9 Å². The molecule has 0 unspecified atom stereocenters. The molecule has 0 aliphatic heterocycles. The van der Waals surface area contributed by atoms with Crippen LogP contribution in [0.15, 0.2) is 22.6 Å². The van der Waals surface area contributed by atoms with Crippen molar-refractivity contribution in [2.75, 3.05) is 7.11 Å². The molecule has 0 fully saturated rings. The minimum atomic E-state index is -0.472. The highest BCUT2D eigenvalue weighted by atomic mass is 79.9. The van der Waals surface area contributed by atoms with Crippen molar-refractivity contribution in [2.24, 2.45) is 0 Å². The van der Waals surface area contributed by atoms with E-state index in [0.29, 0.717) is 0 Å². The molecule has 3 heteroatoms. The van der Waals surface area contributed by atoms with Crippen LogP contribution in [0.4, 0.5) is 0 Å². The molecule has 1 aromatic carbocycles. The minimum Gasteiger partial charge on any atom is -0.504 e. The molecule has 0 bridgehead atoms. The summed E-state index contributed by atoms with van der Waals surface area (Å²) in [5.74, 6) is -0.562. The minimum absolute atomic E-state index is 0.0899. The van der Waals surface area contributed by atoms with E-state index in [9.17, 15) is 5.11 Å². The largest absolute Gasteiger partial charge is 0.504 e. The molecule has 54 valence electrons. The van der Waals surface area contributed by atoms with Crippen molar-refractivity contribution in [3.8, 4) is 11.5 Å². The predicted octanol–water partition coefficient (Wildman–Crippen LogP) is 2.16. The van der Waals surface area contributed by atoms with E-state index < -0.39 is 5.75 Å². The lowest BCUT2D eigenvalue weighted by molar-refractivity contribution is 0.373. The number of ether oxygens (including phenoxy) is 1. The van der Waals surface area contributed by atoms with E-state index in [-0.39, 0.29) is 28.3 Å². The molecule has 0 atom stereocenters. The second kappa shape index (κ2) is 2.92. The SMILES string of the molecule is [2H]c1c([2H])c(Br)c([2H])c(OC)c1O. The lowest BCUT2D eigenvalue weighted by atomic mass is 10.3. The van der Waals surface area contributed by atoms with E-state index in [0.717, 1.165) is 0 Å². The van der Waals surface area contributed by atoms with Gasteiger partial charge in [0.1, 0.15) is 0 Å². The second-order valence-corrected chi connectivity index (χ2v) is 2.36. The van der Waals surface area contributed by atoms with Crippen molar-refractivity contribution in [3.63, 3.8) is 0 Å². The Hall–Kier alpha value is -0.700. The number of halogens is 1. The molecule has 0 saturated carbocycles. The van der Waals surface area contributed by atoms with Gasteiger partial charge in [-0.15, -0.1) is 0 Å². The zero-order valence-corrected chi connectivity index (χ0v) is 6.82. The van der Waals surface area contributed by atoms with E-state index >= 15 is 0 Å². The van der Waals surface area contributed by atoms with Crippen LogP contribution in [0.25, 0.3) is 0 Å². The monoisotopic (exact) mass is 205 g/mol. The van der Waals surface area contributed by atoms with Crippen LogP contribution in [-0.2, 0) is 0 Å². The Bertz CT molecular complexity index is 325. The molecule has 0 heterocycles. The third-order valence-corrected chi connectivity index (χ3v) is 1.33. The Kier molecular flexibility index (Phi) is 1.24. The standard InChI is InChI=1S/C7H7BrO2/c1-10-7-4-5(8)2-3-6(7)9/h2-4,9H,1H3/i2D,3D,4D. The summed E-state index contributed by atoms with van der Waals surface area (Å²) in [5, 5.41) is 9.31. The zero-order chi connectivity index (χ0) is 10.2. The predicted molar refractivity (Wildman–Crippen MR) is 42.4 cm³/mol. The van der Waals surface area contributed by atoms with E-state index in [1.54, 1.807) is 0 Å². The van der Waals surface area contributed by atoms with Gasteiger partial charge in [-0.2, -0.15) is 0 Å². The van der Waals surface area contributed by atoms with Crippen molar-refractivity contribution in [3.05, 3.63) is 22.6 Å². The fourth-order valence-electron chi connectivity index (χ4n) is 0.509. The number of phenols is 1. The molecular weight excluding hydrogens is 196 g/mol. The summed E-state index contributed by atoms with van der Waals surface area (Å²) >= 11 is 2.97. The first-order chi connectivity index (χ1) is 6.00. The quantitative estimate of drug-likeness (QED) is 0.762. The fourth-order valence-corrected chi connectivity index (χ4v) is 0.788. The van der Waals surface area contributed by atoms with Crippen molar-refractivity contribution in [1.82, 2.24) is 0 Å². The van der Waals surface area contributed by atoms with Gasteiger partial charge in [0, 0.05) is 4.47 Å². The normalized spacial score (nSPS) is 13.6. The van der Waals surface area contributed by atoms with Crippen LogP contribution in [0.3, 0.4) is 0 Å². The van der Waals surface area contributed by atoms with Gasteiger partial charge in [0.15, 0.2) is 11.5 Å². The van der Waals surface area contributed by atoms with Crippen LogP contribution < -0.4 is 4.74 Å². The summed E-state index contributed by atoms with van der Waals surface area (Å²) in [6.07, 6.45) is 0. The summed E-state index contributed by atoms with van der Waals surface area (Å²) < 4.78 is 26.9. The lowest BCUT2D eigenvalue weighted by Gasteiger charge is -2.01. The summed E-state index contributed by atoms with van der Waals surface area (Å²) in [6.45, 7) is 0. The number of methoxy groups -OCH3 is 1. The Morgan fingerprint density at radius 3 is 3.00 bits per heavy atom. The highest BCUT2D eigenvalue weighted by Crippen LogP contribution is 2.28. The molecule has 0 aliphatic rings. The molecule has 1 aromatic rings. The fraction of sp³-hybridized carbons (Fsp3) is 0.143. The van der Waals surface area contributed by atoms with Crippen LogP contribution in [0.5, 0.6) is 11.5 Å². The molecule has 1 N–H and O–H groups in total. The van der Waals surface area contributed by atoms with Crippen molar-refractivity contribution < 1.29 is 14.0 Å². The summed E-state index contributed by atoms with van der Waals surface area (Å²) in [7, 11) is 1.29. The number of hydrogen-bond donors (Lipinski definition) is 1. The lowest BCUT2D eigenvalue weighted by Crippen LogP contribution is -1.82. The zero-order valence-electron chi connectivity index (χ0n) is 8.23. The summed E-state index contributed by atoms with van der Waals surface area (Å²) in [5.41, 5.74) is 0. The van der Waals surface area contributed by atoms with Gasteiger partial charge >= 0.3 is 0 Å². The van der Waals surface area contributed by atoms with Crippen LogP contribution in [0.2, 0.25) is 0 Å². The molecule has 0 aromatic heterocycles. The number of rotatable bonds is 1. The molecular formula is C7H7BrO2. The molecule has 0 amide bonds. The Morgan fingerprint density at radius 2 is 2.40 bits per heavy atom. The molecule has 0 radical (unpaired) electrons. The highest BCUT2D eigenvalue weighted by Gasteiger charge is 1.98. The second-order valence-electron chi connectivity index (χ2n) is 1.57. The maximum Gasteiger partial charge on any atom is 0.161 e. The van der Waals surface area contributed by atoms with Crippen LogP contribution >= 0.6 is 15.9 Å². The summed E-state index contributed by atoms with van der Waals surface area (Å²) in [6, 6.07) is -0.691. The van der Waals surface area contributed by atoms with Gasteiger partial charge in [-0.25, -0.2) is 0 Å². The van der Waals surface area contributed by atoms with Gasteiger partial charge in [-0.3, -0.25) is 0 Å². The third kappa shape index (κ3) is 1.42. The van der Waals surface area contributed by atoms with Gasteiger partial charge in [-0.1, -0.05) is 15.9 Å². The van der Waals surface area contributed by atoms with Crippen LogP contribution in [0, 0.1) is 0 Å². The van der Waals surface area contributed by atoms with E-state index in [1.165, 1.54) is 7.11 Å². The molecule has 10 heavy (non-hydrogen) atoms. The van der Waals surface area contributed by atoms with Crippen molar-refractivity contribution in [1.29, 1.82) is 0 Å². The first-order valence-corrected chi connectivity index (χ1v) is 3.32. The van der Waals surface area contributed by atoms with Gasteiger partial charge in [0.25, 0.3) is 0 Å². The molecule has 0 aliphatic carbocycles. The topological polar surface area (TPSA) is 29.5 Å². The highest BCUT2D eigenvalue weighted by molar-refractivity contribution is 9.10. The maximum absolute atomic E-state index is 9.31. The first kappa shape index (κ1) is 4.23. The molecule has 0 saturated heterocycles. The van der Waals surface area contributed by atoms with Crippen LogP contribution in [0.1, 0.15) is 4.11 Å². The molecule has 1 rings (SSSR count). The first-order valence-electron chi connectivity index (χ1n) is 4.02. The van der Waals surface area contributed by atoms with Gasteiger partial charge in [-0.05, 0) is 18.1 Å². The Morgan fingerprint density at radius 1 is 1.70 bits per heavy atom. The smallest absolute Gasteiger partial charge is 0.161 e. The Labute approximate surface area is 71.8 Å². The molecule has 0 spiro atoms. The van der Waals surface area contributed by atoms with E-state index in [4.69, 9.17) is 8.85 Å². The maximum atomic E-state index is 9.31. The van der Waals surface area contributed by atoms with Crippen molar-refractivity contribution >= 4 is 15.9 Å². The van der Waals surface area contributed by atoms with E-state index in [1.807, 2.05) is 0 Å².